The van der Waals surface area contributed by atoms with Crippen molar-refractivity contribution in [3.8, 4) is 0 Å². The maximum absolute atomic E-state index is 12.9. The summed E-state index contributed by atoms with van der Waals surface area (Å²) in [6.07, 6.45) is 8.10. The lowest BCUT2D eigenvalue weighted by molar-refractivity contribution is -0.155. The van der Waals surface area contributed by atoms with E-state index in [0.29, 0.717) is 30.7 Å². The summed E-state index contributed by atoms with van der Waals surface area (Å²) in [5.74, 6) is 1.13. The molecular weight excluding hydrogens is 402 g/mol. The Morgan fingerprint density at radius 2 is 1.72 bits per heavy atom. The molecule has 5 nitrogen and oxygen atoms in total. The number of ether oxygens (including phenoxy) is 2. The van der Waals surface area contributed by atoms with E-state index in [1.807, 2.05) is 48.5 Å². The molecular formula is C27H33NO4. The Bertz CT molecular complexity index is 888. The van der Waals surface area contributed by atoms with Crippen LogP contribution < -0.4 is 5.32 Å². The molecule has 170 valence electrons. The molecule has 0 saturated heterocycles. The first-order valence-electron chi connectivity index (χ1n) is 11.7. The molecule has 0 radical (unpaired) electrons. The van der Waals surface area contributed by atoms with Crippen molar-refractivity contribution in [1.29, 1.82) is 0 Å². The van der Waals surface area contributed by atoms with Crippen LogP contribution in [0.4, 0.5) is 0 Å². The van der Waals surface area contributed by atoms with Crippen LogP contribution in [0.5, 0.6) is 0 Å². The van der Waals surface area contributed by atoms with Gasteiger partial charge in [0.1, 0.15) is 0 Å². The molecule has 0 spiro atoms. The van der Waals surface area contributed by atoms with Gasteiger partial charge in [0.05, 0.1) is 13.2 Å². The van der Waals surface area contributed by atoms with Crippen LogP contribution in [0, 0.1) is 11.8 Å². The average molecular weight is 436 g/mol. The fourth-order valence-electron chi connectivity index (χ4n) is 4.64. The summed E-state index contributed by atoms with van der Waals surface area (Å²) in [7, 11) is 0. The van der Waals surface area contributed by atoms with Crippen molar-refractivity contribution >= 4 is 5.91 Å². The van der Waals surface area contributed by atoms with E-state index in [1.54, 1.807) is 0 Å². The molecule has 2 aromatic carbocycles. The molecule has 1 heterocycles. The van der Waals surface area contributed by atoms with E-state index in [4.69, 9.17) is 9.47 Å². The van der Waals surface area contributed by atoms with Gasteiger partial charge in [0.15, 0.2) is 5.76 Å². The molecule has 32 heavy (non-hydrogen) atoms. The maximum Gasteiger partial charge on any atom is 0.286 e. The minimum atomic E-state index is -0.432. The Hall–Kier alpha value is -2.63. The van der Waals surface area contributed by atoms with Gasteiger partial charge in [-0.15, -0.1) is 0 Å². The van der Waals surface area contributed by atoms with E-state index >= 15 is 0 Å². The molecule has 2 N–H and O–H groups in total. The Kier molecular flexibility index (Phi) is 7.97. The second-order valence-corrected chi connectivity index (χ2v) is 8.80. The zero-order valence-corrected chi connectivity index (χ0v) is 18.5. The van der Waals surface area contributed by atoms with E-state index < -0.39 is 6.29 Å². The normalized spacial score (nSPS) is 21.1. The van der Waals surface area contributed by atoms with E-state index in [0.717, 1.165) is 24.0 Å². The van der Waals surface area contributed by atoms with Crippen molar-refractivity contribution in [3.63, 3.8) is 0 Å². The quantitative estimate of drug-likeness (QED) is 0.609. The molecule has 1 fully saturated rings. The molecule has 4 rings (SSSR count). The van der Waals surface area contributed by atoms with E-state index in [1.165, 1.54) is 31.2 Å². The summed E-state index contributed by atoms with van der Waals surface area (Å²) in [6, 6.07) is 17.8. The number of amides is 1. The van der Waals surface area contributed by atoms with Crippen LogP contribution in [0.25, 0.3) is 0 Å². The van der Waals surface area contributed by atoms with Gasteiger partial charge >= 0.3 is 0 Å². The lowest BCUT2D eigenvalue weighted by Gasteiger charge is -2.32. The third-order valence-electron chi connectivity index (χ3n) is 6.50. The van der Waals surface area contributed by atoms with Gasteiger partial charge in [-0.05, 0) is 53.9 Å². The standard InChI is InChI=1S/C27H33NO4/c29-18-21-10-12-22(13-11-21)19-31-26-17-24(23-8-4-5-9-23)16-25(32-26)27(30)28-15-14-20-6-2-1-3-7-20/h1-3,6-7,10-13,16,23-24,26,29H,4-5,8-9,14-15,17-19H2,(H,28,30)/t24-,26+/m1/s1. The van der Waals surface area contributed by atoms with Crippen LogP contribution in [0.2, 0.25) is 0 Å². The van der Waals surface area contributed by atoms with E-state index in [-0.39, 0.29) is 12.5 Å². The second-order valence-electron chi connectivity index (χ2n) is 8.80. The largest absolute Gasteiger partial charge is 0.459 e. The van der Waals surface area contributed by atoms with E-state index in [2.05, 4.69) is 17.4 Å². The molecule has 1 amide bonds. The van der Waals surface area contributed by atoms with Crippen molar-refractivity contribution in [2.75, 3.05) is 6.54 Å². The van der Waals surface area contributed by atoms with Crippen molar-refractivity contribution in [1.82, 2.24) is 5.32 Å². The summed E-state index contributed by atoms with van der Waals surface area (Å²) in [4.78, 5) is 12.9. The van der Waals surface area contributed by atoms with Gasteiger partial charge in [0.2, 0.25) is 6.29 Å². The number of aliphatic hydroxyl groups is 1. The molecule has 2 aliphatic rings. The fraction of sp³-hybridized carbons (Fsp3) is 0.444. The molecule has 0 bridgehead atoms. The summed E-state index contributed by atoms with van der Waals surface area (Å²) < 4.78 is 12.1. The van der Waals surface area contributed by atoms with Crippen LogP contribution in [-0.2, 0) is 33.9 Å². The van der Waals surface area contributed by atoms with Gasteiger partial charge in [-0.3, -0.25) is 4.79 Å². The van der Waals surface area contributed by atoms with Crippen molar-refractivity contribution in [2.24, 2.45) is 11.8 Å². The minimum absolute atomic E-state index is 0.0312. The molecule has 1 aliphatic heterocycles. The second kappa shape index (κ2) is 11.3. The SMILES string of the molecule is O=C(NCCc1ccccc1)C1=C[C@@H](C2CCCC2)C[C@@H](OCc2ccc(CO)cc2)O1. The van der Waals surface area contributed by atoms with Crippen LogP contribution in [0.3, 0.4) is 0 Å². The van der Waals surface area contributed by atoms with Crippen LogP contribution in [-0.4, -0.2) is 23.8 Å². The van der Waals surface area contributed by atoms with Gasteiger partial charge in [-0.1, -0.05) is 67.4 Å². The summed E-state index contributed by atoms with van der Waals surface area (Å²) >= 11 is 0. The van der Waals surface area contributed by atoms with Gasteiger partial charge in [-0.25, -0.2) is 0 Å². The number of carbonyl (C=O) groups excluding carboxylic acids is 1. The van der Waals surface area contributed by atoms with Crippen LogP contribution in [0.1, 0.15) is 48.8 Å². The first-order valence-corrected chi connectivity index (χ1v) is 11.7. The summed E-state index contributed by atoms with van der Waals surface area (Å²) in [6.45, 7) is 1.01. The monoisotopic (exact) mass is 435 g/mol. The summed E-state index contributed by atoms with van der Waals surface area (Å²) in [5, 5.41) is 12.2. The molecule has 2 aromatic rings. The minimum Gasteiger partial charge on any atom is -0.459 e. The molecule has 2 atom stereocenters. The fourth-order valence-corrected chi connectivity index (χ4v) is 4.64. The maximum atomic E-state index is 12.9. The molecule has 1 saturated carbocycles. The Morgan fingerprint density at radius 1 is 1.00 bits per heavy atom. The predicted molar refractivity (Wildman–Crippen MR) is 123 cm³/mol. The highest BCUT2D eigenvalue weighted by Gasteiger charge is 2.33. The molecule has 0 unspecified atom stereocenters. The lowest BCUT2D eigenvalue weighted by atomic mass is 9.86. The number of rotatable bonds is 9. The van der Waals surface area contributed by atoms with Crippen molar-refractivity contribution in [2.45, 2.75) is 58.0 Å². The van der Waals surface area contributed by atoms with Crippen molar-refractivity contribution in [3.05, 3.63) is 83.1 Å². The third kappa shape index (κ3) is 6.21. The van der Waals surface area contributed by atoms with Gasteiger partial charge in [0, 0.05) is 13.0 Å². The van der Waals surface area contributed by atoms with Crippen LogP contribution in [0.15, 0.2) is 66.4 Å². The summed E-state index contributed by atoms with van der Waals surface area (Å²) in [5.41, 5.74) is 3.09. The number of nitrogens with one attached hydrogen (secondary N) is 1. The first kappa shape index (κ1) is 22.6. The Balaban J connectivity index is 1.36. The highest BCUT2D eigenvalue weighted by Crippen LogP contribution is 2.38. The lowest BCUT2D eigenvalue weighted by Crippen LogP contribution is -2.35. The van der Waals surface area contributed by atoms with Crippen LogP contribution >= 0.6 is 0 Å². The number of hydrogen-bond acceptors (Lipinski definition) is 4. The Morgan fingerprint density at radius 3 is 2.44 bits per heavy atom. The zero-order valence-electron chi connectivity index (χ0n) is 18.5. The van der Waals surface area contributed by atoms with Crippen molar-refractivity contribution < 1.29 is 19.4 Å². The molecule has 0 aromatic heterocycles. The zero-order chi connectivity index (χ0) is 22.2. The topological polar surface area (TPSA) is 67.8 Å². The number of carbonyl (C=O) groups is 1. The van der Waals surface area contributed by atoms with Gasteiger partial charge < -0.3 is 19.9 Å². The number of allylic oxidation sites excluding steroid dienone is 1. The molecule has 5 heteroatoms. The number of aliphatic hydroxyl groups excluding tert-OH is 1. The first-order chi connectivity index (χ1) is 15.7. The third-order valence-corrected chi connectivity index (χ3v) is 6.50. The highest BCUT2D eigenvalue weighted by atomic mass is 16.7. The Labute approximate surface area is 190 Å². The number of hydrogen-bond donors (Lipinski definition) is 2. The number of benzene rings is 2. The predicted octanol–water partition coefficient (Wildman–Crippen LogP) is 4.49. The van der Waals surface area contributed by atoms with Gasteiger partial charge in [-0.2, -0.15) is 0 Å². The highest BCUT2D eigenvalue weighted by molar-refractivity contribution is 5.91. The van der Waals surface area contributed by atoms with Gasteiger partial charge in [0.25, 0.3) is 5.91 Å². The van der Waals surface area contributed by atoms with E-state index in [9.17, 15) is 9.90 Å². The average Bonchev–Trinajstić information content (AvgIpc) is 3.39. The smallest absolute Gasteiger partial charge is 0.286 e. The molecule has 1 aliphatic carbocycles.